The van der Waals surface area contributed by atoms with Gasteiger partial charge in [-0.05, 0) is 25.5 Å². The molecule has 1 aromatic rings. The van der Waals surface area contributed by atoms with Gasteiger partial charge in [-0.1, -0.05) is 0 Å². The predicted molar refractivity (Wildman–Crippen MR) is 45.5 cm³/mol. The van der Waals surface area contributed by atoms with Crippen molar-refractivity contribution < 1.29 is 0 Å². The van der Waals surface area contributed by atoms with Crippen molar-refractivity contribution in [3.63, 3.8) is 0 Å². The highest BCUT2D eigenvalue weighted by molar-refractivity contribution is 5.27. The van der Waals surface area contributed by atoms with E-state index in [1.54, 1.807) is 0 Å². The Kier molecular flexibility index (Phi) is 1.50. The van der Waals surface area contributed by atoms with Gasteiger partial charge >= 0.3 is 0 Å². The van der Waals surface area contributed by atoms with Gasteiger partial charge in [0.25, 0.3) is 0 Å². The molecule has 0 amide bonds. The van der Waals surface area contributed by atoms with Crippen molar-refractivity contribution >= 4 is 0 Å². The molecule has 11 heavy (non-hydrogen) atoms. The number of rotatable bonds is 0. The molecule has 0 radical (unpaired) electrons. The number of aromatic nitrogens is 1. The van der Waals surface area contributed by atoms with Crippen LogP contribution in [0.15, 0.2) is 12.3 Å². The molecule has 2 N–H and O–H groups in total. The lowest BCUT2D eigenvalue weighted by atomic mass is 9.98. The van der Waals surface area contributed by atoms with Gasteiger partial charge in [0.2, 0.25) is 0 Å². The standard InChI is InChI=1S/C9H14N2/c1-6-5-9-8(3-4-10-9)7(2)11-6/h3-4,6-7,10-11H,5H2,1-2H3/t6-,7-/m0/s1. The smallest absolute Gasteiger partial charge is 0.0312 e. The highest BCUT2D eigenvalue weighted by Crippen LogP contribution is 2.23. The topological polar surface area (TPSA) is 27.8 Å². The van der Waals surface area contributed by atoms with Crippen LogP contribution in [0, 0.1) is 0 Å². The van der Waals surface area contributed by atoms with E-state index in [1.807, 2.05) is 6.20 Å². The normalized spacial score (nSPS) is 30.0. The van der Waals surface area contributed by atoms with Gasteiger partial charge in [-0.25, -0.2) is 0 Å². The SMILES string of the molecule is C[C@@H]1N[C@@H](C)Cc2[nH]ccc21. The number of hydrogen-bond acceptors (Lipinski definition) is 1. The van der Waals surface area contributed by atoms with E-state index >= 15 is 0 Å². The lowest BCUT2D eigenvalue weighted by Crippen LogP contribution is -2.35. The van der Waals surface area contributed by atoms with Crippen molar-refractivity contribution in [2.75, 3.05) is 0 Å². The molecule has 0 bridgehead atoms. The van der Waals surface area contributed by atoms with Crippen molar-refractivity contribution in [2.24, 2.45) is 0 Å². The Hall–Kier alpha value is -0.760. The van der Waals surface area contributed by atoms with E-state index in [2.05, 4.69) is 30.2 Å². The van der Waals surface area contributed by atoms with Gasteiger partial charge in [-0.2, -0.15) is 0 Å². The summed E-state index contributed by atoms with van der Waals surface area (Å²) >= 11 is 0. The molecule has 0 aliphatic carbocycles. The first-order chi connectivity index (χ1) is 5.27. The largest absolute Gasteiger partial charge is 0.365 e. The molecular weight excluding hydrogens is 136 g/mol. The van der Waals surface area contributed by atoms with Crippen LogP contribution in [-0.2, 0) is 6.42 Å². The van der Waals surface area contributed by atoms with Crippen LogP contribution in [0.5, 0.6) is 0 Å². The summed E-state index contributed by atoms with van der Waals surface area (Å²) in [6, 6.07) is 3.29. The minimum Gasteiger partial charge on any atom is -0.365 e. The fourth-order valence-electron chi connectivity index (χ4n) is 1.88. The first-order valence-electron chi connectivity index (χ1n) is 4.19. The van der Waals surface area contributed by atoms with Crippen LogP contribution >= 0.6 is 0 Å². The number of nitrogens with one attached hydrogen (secondary N) is 2. The highest BCUT2D eigenvalue weighted by Gasteiger charge is 2.20. The van der Waals surface area contributed by atoms with Gasteiger partial charge in [-0.3, -0.25) is 0 Å². The quantitative estimate of drug-likeness (QED) is 0.577. The van der Waals surface area contributed by atoms with E-state index in [4.69, 9.17) is 0 Å². The van der Waals surface area contributed by atoms with Gasteiger partial charge in [0.05, 0.1) is 0 Å². The highest BCUT2D eigenvalue weighted by atomic mass is 15.0. The Morgan fingerprint density at radius 2 is 2.27 bits per heavy atom. The van der Waals surface area contributed by atoms with Crippen molar-refractivity contribution in [1.82, 2.24) is 10.3 Å². The van der Waals surface area contributed by atoms with Crippen LogP contribution < -0.4 is 5.32 Å². The summed E-state index contributed by atoms with van der Waals surface area (Å²) < 4.78 is 0. The Bertz CT molecular complexity index is 252. The Balaban J connectivity index is 2.36. The van der Waals surface area contributed by atoms with Crippen LogP contribution in [-0.4, -0.2) is 11.0 Å². The third-order valence-electron chi connectivity index (χ3n) is 2.38. The van der Waals surface area contributed by atoms with Crippen molar-refractivity contribution in [3.8, 4) is 0 Å². The van der Waals surface area contributed by atoms with E-state index in [1.165, 1.54) is 11.3 Å². The summed E-state index contributed by atoms with van der Waals surface area (Å²) in [4.78, 5) is 3.28. The number of fused-ring (bicyclic) bond motifs is 1. The zero-order valence-electron chi connectivity index (χ0n) is 7.02. The van der Waals surface area contributed by atoms with Crippen molar-refractivity contribution in [3.05, 3.63) is 23.5 Å². The van der Waals surface area contributed by atoms with E-state index in [0.717, 1.165) is 6.42 Å². The third kappa shape index (κ3) is 1.07. The van der Waals surface area contributed by atoms with Crippen LogP contribution in [0.4, 0.5) is 0 Å². The number of aromatic amines is 1. The van der Waals surface area contributed by atoms with E-state index in [0.29, 0.717) is 12.1 Å². The molecule has 2 heteroatoms. The minimum absolute atomic E-state index is 0.514. The van der Waals surface area contributed by atoms with Gasteiger partial charge in [0.1, 0.15) is 0 Å². The molecular formula is C9H14N2. The average molecular weight is 150 g/mol. The van der Waals surface area contributed by atoms with Gasteiger partial charge in [-0.15, -0.1) is 0 Å². The van der Waals surface area contributed by atoms with Gasteiger partial charge in [0.15, 0.2) is 0 Å². The number of hydrogen-bond donors (Lipinski definition) is 2. The second-order valence-corrected chi connectivity index (χ2v) is 3.41. The van der Waals surface area contributed by atoms with E-state index in [-0.39, 0.29) is 0 Å². The Morgan fingerprint density at radius 3 is 3.09 bits per heavy atom. The van der Waals surface area contributed by atoms with Crippen LogP contribution in [0.25, 0.3) is 0 Å². The molecule has 2 nitrogen and oxygen atoms in total. The maximum Gasteiger partial charge on any atom is 0.0312 e. The molecule has 0 saturated carbocycles. The molecule has 0 unspecified atom stereocenters. The second-order valence-electron chi connectivity index (χ2n) is 3.41. The molecule has 60 valence electrons. The molecule has 0 saturated heterocycles. The Morgan fingerprint density at radius 1 is 1.45 bits per heavy atom. The molecule has 0 aromatic carbocycles. The Labute approximate surface area is 67.0 Å². The molecule has 1 aliphatic heterocycles. The summed E-state index contributed by atoms with van der Waals surface area (Å²) in [7, 11) is 0. The summed E-state index contributed by atoms with van der Waals surface area (Å²) in [5.74, 6) is 0. The molecule has 0 fully saturated rings. The molecule has 0 spiro atoms. The fourth-order valence-corrected chi connectivity index (χ4v) is 1.88. The summed E-state index contributed by atoms with van der Waals surface area (Å²) in [5.41, 5.74) is 2.84. The molecule has 2 heterocycles. The summed E-state index contributed by atoms with van der Waals surface area (Å²) in [5, 5.41) is 3.50. The zero-order valence-corrected chi connectivity index (χ0v) is 7.02. The zero-order chi connectivity index (χ0) is 7.84. The molecule has 1 aliphatic rings. The molecule has 2 rings (SSSR count). The minimum atomic E-state index is 0.514. The first-order valence-corrected chi connectivity index (χ1v) is 4.19. The van der Waals surface area contributed by atoms with E-state index < -0.39 is 0 Å². The molecule has 1 aromatic heterocycles. The van der Waals surface area contributed by atoms with E-state index in [9.17, 15) is 0 Å². The maximum atomic E-state index is 3.50. The molecule has 2 atom stereocenters. The van der Waals surface area contributed by atoms with Gasteiger partial charge < -0.3 is 10.3 Å². The summed E-state index contributed by atoms with van der Waals surface area (Å²) in [6.07, 6.45) is 3.16. The van der Waals surface area contributed by atoms with Crippen LogP contribution in [0.1, 0.15) is 31.1 Å². The lowest BCUT2D eigenvalue weighted by Gasteiger charge is -2.26. The lowest BCUT2D eigenvalue weighted by molar-refractivity contribution is 0.443. The first kappa shape index (κ1) is 6.92. The number of H-pyrrole nitrogens is 1. The second kappa shape index (κ2) is 2.38. The van der Waals surface area contributed by atoms with Crippen molar-refractivity contribution in [2.45, 2.75) is 32.4 Å². The van der Waals surface area contributed by atoms with Gasteiger partial charge in [0, 0.05) is 30.4 Å². The maximum absolute atomic E-state index is 3.50. The monoisotopic (exact) mass is 150 g/mol. The van der Waals surface area contributed by atoms with Crippen LogP contribution in [0.2, 0.25) is 0 Å². The predicted octanol–water partition coefficient (Wildman–Crippen LogP) is 1.61. The average Bonchev–Trinajstić information content (AvgIpc) is 2.34. The van der Waals surface area contributed by atoms with Crippen LogP contribution in [0.3, 0.4) is 0 Å². The van der Waals surface area contributed by atoms with Crippen molar-refractivity contribution in [1.29, 1.82) is 0 Å². The summed E-state index contributed by atoms with van der Waals surface area (Å²) in [6.45, 7) is 4.43. The third-order valence-corrected chi connectivity index (χ3v) is 2.38. The fraction of sp³-hybridized carbons (Fsp3) is 0.556.